The molecule has 0 saturated heterocycles. The zero-order chi connectivity index (χ0) is 24.7. The van der Waals surface area contributed by atoms with Gasteiger partial charge in [-0.15, -0.1) is 0 Å². The smallest absolute Gasteiger partial charge is 0.337 e. The highest BCUT2D eigenvalue weighted by Gasteiger charge is 2.23. The standard InChI is InChI=1S/C27H22O7/c1-31-21-13-6-17(7-14-21)5-8-20-15-23(32-2)24(33-3)16-22(20)26(29)25(28)18-9-11-19(12-10-18)27(30)34-4/h6-7,9-16H,1-4H3. The summed E-state index contributed by atoms with van der Waals surface area (Å²) >= 11 is 0. The van der Waals surface area contributed by atoms with Gasteiger partial charge in [0, 0.05) is 28.3 Å². The maximum absolute atomic E-state index is 13.2. The first-order valence-corrected chi connectivity index (χ1v) is 10.1. The lowest BCUT2D eigenvalue weighted by molar-refractivity contribution is 0.0600. The van der Waals surface area contributed by atoms with Crippen molar-refractivity contribution in [2.45, 2.75) is 0 Å². The molecule has 0 radical (unpaired) electrons. The van der Waals surface area contributed by atoms with Gasteiger partial charge < -0.3 is 18.9 Å². The van der Waals surface area contributed by atoms with Gasteiger partial charge in [-0.05, 0) is 42.5 Å². The Balaban J connectivity index is 2.01. The number of carbonyl (C=O) groups is 3. The van der Waals surface area contributed by atoms with E-state index in [0.717, 1.165) is 0 Å². The van der Waals surface area contributed by atoms with Gasteiger partial charge in [0.05, 0.1) is 34.0 Å². The van der Waals surface area contributed by atoms with Crippen molar-refractivity contribution >= 4 is 17.5 Å². The van der Waals surface area contributed by atoms with Crippen LogP contribution in [0.3, 0.4) is 0 Å². The van der Waals surface area contributed by atoms with E-state index in [9.17, 15) is 14.4 Å². The molecule has 0 aliphatic carbocycles. The molecule has 0 saturated carbocycles. The number of carbonyl (C=O) groups excluding carboxylic acids is 3. The highest BCUT2D eigenvalue weighted by atomic mass is 16.5. The SMILES string of the molecule is COC(=O)c1ccc(C(=O)C(=O)c2cc(OC)c(OC)cc2C#Cc2ccc(OC)cc2)cc1. The average molecular weight is 458 g/mol. The van der Waals surface area contributed by atoms with Crippen LogP contribution in [0.1, 0.15) is 42.2 Å². The summed E-state index contributed by atoms with van der Waals surface area (Å²) in [6.45, 7) is 0. The van der Waals surface area contributed by atoms with Gasteiger partial charge >= 0.3 is 5.97 Å². The van der Waals surface area contributed by atoms with Crippen molar-refractivity contribution in [3.8, 4) is 29.1 Å². The van der Waals surface area contributed by atoms with Crippen LogP contribution in [-0.2, 0) is 4.74 Å². The first-order valence-electron chi connectivity index (χ1n) is 10.1. The topological polar surface area (TPSA) is 88.1 Å². The molecule has 3 rings (SSSR count). The Morgan fingerprint density at radius 2 is 1.24 bits per heavy atom. The van der Waals surface area contributed by atoms with Gasteiger partial charge in [-0.3, -0.25) is 9.59 Å². The number of hydrogen-bond acceptors (Lipinski definition) is 7. The normalized spacial score (nSPS) is 9.88. The lowest BCUT2D eigenvalue weighted by atomic mass is 9.96. The number of ketones is 2. The van der Waals surface area contributed by atoms with E-state index in [-0.39, 0.29) is 22.4 Å². The summed E-state index contributed by atoms with van der Waals surface area (Å²) in [6, 6.07) is 15.7. The number of ether oxygens (including phenoxy) is 4. The average Bonchev–Trinajstić information content (AvgIpc) is 2.90. The summed E-state index contributed by atoms with van der Waals surface area (Å²) in [5.74, 6) is 5.22. The molecular formula is C27H22O7. The predicted molar refractivity (Wildman–Crippen MR) is 125 cm³/mol. The Hall–Kier alpha value is -4.57. The van der Waals surface area contributed by atoms with E-state index >= 15 is 0 Å². The molecule has 0 aliphatic heterocycles. The van der Waals surface area contributed by atoms with Gasteiger partial charge in [0.2, 0.25) is 11.6 Å². The number of esters is 1. The predicted octanol–water partition coefficient (Wildman–Crippen LogP) is 3.96. The van der Waals surface area contributed by atoms with Crippen molar-refractivity contribution in [1.82, 2.24) is 0 Å². The fraction of sp³-hybridized carbons (Fsp3) is 0.148. The van der Waals surface area contributed by atoms with Crippen LogP contribution in [0.15, 0.2) is 60.7 Å². The summed E-state index contributed by atoms with van der Waals surface area (Å²) in [7, 11) is 5.73. The van der Waals surface area contributed by atoms with Crippen LogP contribution in [0, 0.1) is 11.8 Å². The molecule has 3 aromatic rings. The Kier molecular flexibility index (Phi) is 7.67. The van der Waals surface area contributed by atoms with Gasteiger partial charge in [0.15, 0.2) is 11.5 Å². The molecule has 0 heterocycles. The van der Waals surface area contributed by atoms with Crippen LogP contribution in [0.2, 0.25) is 0 Å². The van der Waals surface area contributed by atoms with Crippen molar-refractivity contribution in [1.29, 1.82) is 0 Å². The molecule has 0 fully saturated rings. The minimum absolute atomic E-state index is 0.0701. The fourth-order valence-electron chi connectivity index (χ4n) is 3.11. The largest absolute Gasteiger partial charge is 0.497 e. The van der Waals surface area contributed by atoms with Crippen LogP contribution in [0.4, 0.5) is 0 Å². The van der Waals surface area contributed by atoms with E-state index in [0.29, 0.717) is 22.6 Å². The summed E-state index contributed by atoms with van der Waals surface area (Å²) in [5, 5.41) is 0. The summed E-state index contributed by atoms with van der Waals surface area (Å²) < 4.78 is 20.4. The van der Waals surface area contributed by atoms with Gasteiger partial charge in [0.1, 0.15) is 5.75 Å². The summed E-state index contributed by atoms with van der Waals surface area (Å²) in [6.07, 6.45) is 0. The molecule has 3 aromatic carbocycles. The maximum Gasteiger partial charge on any atom is 0.337 e. The molecule has 0 bridgehead atoms. The molecule has 172 valence electrons. The number of benzene rings is 3. The number of Topliss-reactive ketones (excluding diaryl/α,β-unsaturated/α-hetero) is 2. The number of hydrogen-bond donors (Lipinski definition) is 0. The maximum atomic E-state index is 13.2. The van der Waals surface area contributed by atoms with Crippen LogP contribution < -0.4 is 14.2 Å². The monoisotopic (exact) mass is 458 g/mol. The molecule has 0 unspecified atom stereocenters. The second-order valence-corrected chi connectivity index (χ2v) is 6.96. The Labute approximate surface area is 197 Å². The van der Waals surface area contributed by atoms with Crippen molar-refractivity contribution in [2.24, 2.45) is 0 Å². The molecule has 34 heavy (non-hydrogen) atoms. The minimum Gasteiger partial charge on any atom is -0.497 e. The molecule has 0 aliphatic rings. The van der Waals surface area contributed by atoms with E-state index < -0.39 is 17.5 Å². The zero-order valence-corrected chi connectivity index (χ0v) is 19.1. The number of methoxy groups -OCH3 is 4. The first-order chi connectivity index (χ1) is 16.4. The third kappa shape index (κ3) is 5.25. The highest BCUT2D eigenvalue weighted by Crippen LogP contribution is 2.31. The van der Waals surface area contributed by atoms with Crippen molar-refractivity contribution in [3.63, 3.8) is 0 Å². The first kappa shape index (κ1) is 24.1. The van der Waals surface area contributed by atoms with E-state index in [1.165, 1.54) is 51.7 Å². The molecule has 0 N–H and O–H groups in total. The molecule has 0 amide bonds. The van der Waals surface area contributed by atoms with E-state index in [2.05, 4.69) is 16.6 Å². The lowest BCUT2D eigenvalue weighted by Gasteiger charge is -2.11. The number of rotatable bonds is 7. The van der Waals surface area contributed by atoms with Crippen LogP contribution in [0.5, 0.6) is 17.2 Å². The summed E-state index contributed by atoms with van der Waals surface area (Å²) in [4.78, 5) is 37.8. The van der Waals surface area contributed by atoms with Gasteiger partial charge in [0.25, 0.3) is 0 Å². The highest BCUT2D eigenvalue weighted by molar-refractivity contribution is 6.49. The van der Waals surface area contributed by atoms with Gasteiger partial charge in [-0.1, -0.05) is 24.0 Å². The minimum atomic E-state index is -0.772. The lowest BCUT2D eigenvalue weighted by Crippen LogP contribution is -2.16. The molecule has 0 spiro atoms. The summed E-state index contributed by atoms with van der Waals surface area (Å²) in [5.41, 5.74) is 1.46. The molecule has 0 atom stereocenters. The van der Waals surface area contributed by atoms with Crippen LogP contribution in [0.25, 0.3) is 0 Å². The van der Waals surface area contributed by atoms with Crippen molar-refractivity contribution in [3.05, 3.63) is 88.5 Å². The van der Waals surface area contributed by atoms with Gasteiger partial charge in [-0.2, -0.15) is 0 Å². The second kappa shape index (κ2) is 10.8. The van der Waals surface area contributed by atoms with E-state index in [1.54, 1.807) is 37.4 Å². The molecular weight excluding hydrogens is 436 g/mol. The van der Waals surface area contributed by atoms with Crippen LogP contribution in [-0.4, -0.2) is 46.0 Å². The van der Waals surface area contributed by atoms with Crippen LogP contribution >= 0.6 is 0 Å². The quantitative estimate of drug-likeness (QED) is 0.229. The Morgan fingerprint density at radius 3 is 1.79 bits per heavy atom. The van der Waals surface area contributed by atoms with Gasteiger partial charge in [-0.25, -0.2) is 4.79 Å². The second-order valence-electron chi connectivity index (χ2n) is 6.96. The Bertz CT molecular complexity index is 1280. The van der Waals surface area contributed by atoms with Crippen molar-refractivity contribution < 1.29 is 33.3 Å². The van der Waals surface area contributed by atoms with E-state index in [1.807, 2.05) is 0 Å². The van der Waals surface area contributed by atoms with E-state index in [4.69, 9.17) is 14.2 Å². The molecule has 7 nitrogen and oxygen atoms in total. The third-order valence-electron chi connectivity index (χ3n) is 4.97. The fourth-order valence-corrected chi connectivity index (χ4v) is 3.11. The Morgan fingerprint density at radius 1 is 0.647 bits per heavy atom. The zero-order valence-electron chi connectivity index (χ0n) is 19.1. The molecule has 0 aromatic heterocycles. The molecule has 7 heteroatoms. The van der Waals surface area contributed by atoms with Crippen molar-refractivity contribution in [2.75, 3.05) is 28.4 Å². The third-order valence-corrected chi connectivity index (χ3v) is 4.97.